The second-order valence-electron chi connectivity index (χ2n) is 3.97. The molecule has 0 aromatic carbocycles. The molecule has 2 heterocycles. The van der Waals surface area contributed by atoms with Crippen molar-refractivity contribution in [3.05, 3.63) is 27.9 Å². The highest BCUT2D eigenvalue weighted by Crippen LogP contribution is 2.30. The molecule has 0 aliphatic heterocycles. The van der Waals surface area contributed by atoms with E-state index in [0.29, 0.717) is 0 Å². The average Bonchev–Trinajstić information content (AvgIpc) is 2.69. The van der Waals surface area contributed by atoms with E-state index in [2.05, 4.69) is 32.0 Å². The Labute approximate surface area is 101 Å². The number of thiophene rings is 1. The number of nitrogens with one attached hydrogen (secondary N) is 1. The standard InChI is InChI=1S/C10H12BrN3S/c1-10(2,12)9-13-5-6(14-9)7-3-4-8(11)15-7/h3-5H,12H2,1-2H3,(H,13,14). The number of aromatic amines is 1. The van der Waals surface area contributed by atoms with Crippen molar-refractivity contribution in [1.82, 2.24) is 9.97 Å². The number of rotatable bonds is 2. The Kier molecular flexibility index (Phi) is 2.70. The van der Waals surface area contributed by atoms with E-state index >= 15 is 0 Å². The van der Waals surface area contributed by atoms with Gasteiger partial charge in [-0.3, -0.25) is 0 Å². The Bertz CT molecular complexity index is 467. The van der Waals surface area contributed by atoms with Gasteiger partial charge in [-0.15, -0.1) is 11.3 Å². The van der Waals surface area contributed by atoms with Gasteiger partial charge >= 0.3 is 0 Å². The SMILES string of the molecule is CC(C)(N)c1ncc(-c2ccc(Br)s2)[nH]1. The molecule has 3 N–H and O–H groups in total. The molecule has 0 radical (unpaired) electrons. The van der Waals surface area contributed by atoms with Crippen molar-refractivity contribution in [2.45, 2.75) is 19.4 Å². The molecule has 0 bridgehead atoms. The Balaban J connectivity index is 2.36. The third kappa shape index (κ3) is 2.30. The van der Waals surface area contributed by atoms with E-state index in [0.717, 1.165) is 20.2 Å². The molecule has 0 spiro atoms. The molecule has 80 valence electrons. The summed E-state index contributed by atoms with van der Waals surface area (Å²) in [4.78, 5) is 8.68. The number of nitrogens with two attached hydrogens (primary N) is 1. The molecule has 15 heavy (non-hydrogen) atoms. The number of hydrogen-bond donors (Lipinski definition) is 2. The summed E-state index contributed by atoms with van der Waals surface area (Å²) < 4.78 is 1.11. The number of nitrogens with zero attached hydrogens (tertiary/aromatic N) is 1. The molecule has 2 aromatic rings. The van der Waals surface area contributed by atoms with Gasteiger partial charge < -0.3 is 10.7 Å². The summed E-state index contributed by atoms with van der Waals surface area (Å²) in [5.41, 5.74) is 6.54. The van der Waals surface area contributed by atoms with Crippen LogP contribution in [-0.4, -0.2) is 9.97 Å². The van der Waals surface area contributed by atoms with Crippen LogP contribution in [0.25, 0.3) is 10.6 Å². The lowest BCUT2D eigenvalue weighted by Gasteiger charge is -2.14. The molecule has 0 saturated carbocycles. The molecule has 0 aliphatic rings. The van der Waals surface area contributed by atoms with Crippen LogP contribution >= 0.6 is 27.3 Å². The van der Waals surface area contributed by atoms with E-state index in [9.17, 15) is 0 Å². The van der Waals surface area contributed by atoms with Crippen LogP contribution < -0.4 is 5.73 Å². The van der Waals surface area contributed by atoms with Crippen LogP contribution in [0.5, 0.6) is 0 Å². The summed E-state index contributed by atoms with van der Waals surface area (Å²) in [6.45, 7) is 3.86. The molecule has 5 heteroatoms. The van der Waals surface area contributed by atoms with Gasteiger partial charge in [-0.05, 0) is 41.9 Å². The Morgan fingerprint density at radius 2 is 2.20 bits per heavy atom. The Morgan fingerprint density at radius 3 is 2.67 bits per heavy atom. The van der Waals surface area contributed by atoms with Crippen LogP contribution in [-0.2, 0) is 5.54 Å². The van der Waals surface area contributed by atoms with Crippen LogP contribution in [0.3, 0.4) is 0 Å². The fourth-order valence-electron chi connectivity index (χ4n) is 1.23. The van der Waals surface area contributed by atoms with Gasteiger partial charge in [0.15, 0.2) is 0 Å². The van der Waals surface area contributed by atoms with E-state index < -0.39 is 5.54 Å². The molecule has 0 fully saturated rings. The molecule has 2 aromatic heterocycles. The van der Waals surface area contributed by atoms with Gasteiger partial charge in [-0.2, -0.15) is 0 Å². The van der Waals surface area contributed by atoms with Crippen LogP contribution in [0, 0.1) is 0 Å². The first-order valence-electron chi connectivity index (χ1n) is 4.57. The second kappa shape index (κ2) is 3.73. The molecular weight excluding hydrogens is 274 g/mol. The van der Waals surface area contributed by atoms with E-state index in [-0.39, 0.29) is 0 Å². The smallest absolute Gasteiger partial charge is 0.126 e. The van der Waals surface area contributed by atoms with E-state index in [4.69, 9.17) is 5.73 Å². The predicted molar refractivity (Wildman–Crippen MR) is 66.8 cm³/mol. The molecule has 0 saturated heterocycles. The van der Waals surface area contributed by atoms with Crippen molar-refractivity contribution in [1.29, 1.82) is 0 Å². The van der Waals surface area contributed by atoms with Gasteiger partial charge in [0.1, 0.15) is 5.82 Å². The van der Waals surface area contributed by atoms with E-state index in [1.165, 1.54) is 0 Å². The molecule has 0 aliphatic carbocycles. The predicted octanol–water partition coefficient (Wildman–Crippen LogP) is 3.09. The first kappa shape index (κ1) is 10.9. The Morgan fingerprint density at radius 1 is 1.47 bits per heavy atom. The third-order valence-electron chi connectivity index (χ3n) is 2.02. The number of imidazole rings is 1. The van der Waals surface area contributed by atoms with Crippen molar-refractivity contribution in [2.24, 2.45) is 5.73 Å². The molecular formula is C10H12BrN3S. The van der Waals surface area contributed by atoms with Gasteiger partial charge in [0.2, 0.25) is 0 Å². The highest BCUT2D eigenvalue weighted by molar-refractivity contribution is 9.11. The minimum Gasteiger partial charge on any atom is -0.340 e. The van der Waals surface area contributed by atoms with Crippen LogP contribution in [0.15, 0.2) is 22.1 Å². The highest BCUT2D eigenvalue weighted by atomic mass is 79.9. The summed E-state index contributed by atoms with van der Waals surface area (Å²) in [6.07, 6.45) is 1.82. The van der Waals surface area contributed by atoms with Crippen LogP contribution in [0.2, 0.25) is 0 Å². The number of hydrogen-bond acceptors (Lipinski definition) is 3. The quantitative estimate of drug-likeness (QED) is 0.891. The minimum atomic E-state index is -0.424. The Hall–Kier alpha value is -0.650. The maximum Gasteiger partial charge on any atom is 0.126 e. The van der Waals surface area contributed by atoms with Gasteiger partial charge in [-0.25, -0.2) is 4.98 Å². The van der Waals surface area contributed by atoms with E-state index in [1.54, 1.807) is 11.3 Å². The minimum absolute atomic E-state index is 0.424. The van der Waals surface area contributed by atoms with Crippen molar-refractivity contribution in [3.63, 3.8) is 0 Å². The molecule has 2 rings (SSSR count). The van der Waals surface area contributed by atoms with Gasteiger partial charge in [-0.1, -0.05) is 0 Å². The largest absolute Gasteiger partial charge is 0.340 e. The topological polar surface area (TPSA) is 54.7 Å². The van der Waals surface area contributed by atoms with E-state index in [1.807, 2.05) is 26.1 Å². The van der Waals surface area contributed by atoms with Gasteiger partial charge in [0, 0.05) is 0 Å². The van der Waals surface area contributed by atoms with Crippen molar-refractivity contribution in [2.75, 3.05) is 0 Å². The summed E-state index contributed by atoms with van der Waals surface area (Å²) in [7, 11) is 0. The van der Waals surface area contributed by atoms with Gasteiger partial charge in [0.05, 0.1) is 26.1 Å². The fourth-order valence-corrected chi connectivity index (χ4v) is 2.58. The summed E-state index contributed by atoms with van der Waals surface area (Å²) in [5, 5.41) is 0. The molecule has 0 amide bonds. The number of aromatic nitrogens is 2. The fraction of sp³-hybridized carbons (Fsp3) is 0.300. The monoisotopic (exact) mass is 285 g/mol. The van der Waals surface area contributed by atoms with Crippen LogP contribution in [0.1, 0.15) is 19.7 Å². The third-order valence-corrected chi connectivity index (χ3v) is 3.68. The second-order valence-corrected chi connectivity index (χ2v) is 6.43. The molecule has 3 nitrogen and oxygen atoms in total. The number of H-pyrrole nitrogens is 1. The lowest BCUT2D eigenvalue weighted by atomic mass is 10.1. The maximum absolute atomic E-state index is 5.95. The molecule has 0 atom stereocenters. The number of halogens is 1. The highest BCUT2D eigenvalue weighted by Gasteiger charge is 2.18. The van der Waals surface area contributed by atoms with Crippen molar-refractivity contribution >= 4 is 27.3 Å². The first-order valence-corrected chi connectivity index (χ1v) is 6.18. The zero-order valence-corrected chi connectivity index (χ0v) is 10.9. The first-order chi connectivity index (χ1) is 6.97. The van der Waals surface area contributed by atoms with Crippen molar-refractivity contribution < 1.29 is 0 Å². The zero-order chi connectivity index (χ0) is 11.1. The maximum atomic E-state index is 5.95. The zero-order valence-electron chi connectivity index (χ0n) is 8.54. The van der Waals surface area contributed by atoms with Crippen LogP contribution in [0.4, 0.5) is 0 Å². The van der Waals surface area contributed by atoms with Gasteiger partial charge in [0.25, 0.3) is 0 Å². The van der Waals surface area contributed by atoms with Crippen molar-refractivity contribution in [3.8, 4) is 10.6 Å². The summed E-state index contributed by atoms with van der Waals surface area (Å²) in [5.74, 6) is 0.807. The summed E-state index contributed by atoms with van der Waals surface area (Å²) >= 11 is 5.10. The average molecular weight is 286 g/mol. The lowest BCUT2D eigenvalue weighted by molar-refractivity contribution is 0.520. The lowest BCUT2D eigenvalue weighted by Crippen LogP contribution is -2.30. The summed E-state index contributed by atoms with van der Waals surface area (Å²) in [6, 6.07) is 4.07. The normalized spacial score (nSPS) is 12.0. The molecule has 0 unspecified atom stereocenters.